The maximum Gasteiger partial charge on any atom is 0.463 e. The van der Waals surface area contributed by atoms with Gasteiger partial charge in [0, 0.05) is 24.9 Å². The minimum Gasteiger partial charge on any atom is -0.485 e. The van der Waals surface area contributed by atoms with Crippen LogP contribution in [-0.2, 0) is 18.4 Å². The topological polar surface area (TPSA) is 52.6 Å². The molecule has 0 fully saturated rings. The van der Waals surface area contributed by atoms with E-state index in [1.807, 2.05) is 13.8 Å². The van der Waals surface area contributed by atoms with Gasteiger partial charge in [0.15, 0.2) is 0 Å². The number of unbranched alkanes of at least 4 members (excludes halogenated alkanes) is 24. The van der Waals surface area contributed by atoms with Crippen LogP contribution < -0.4 is 0 Å². The quantitative estimate of drug-likeness (QED) is 0.0572. The Hall–Kier alpha value is -0.843. The number of carbonyl (C=O) groups excluding carboxylic acids is 2. The Labute approximate surface area is 258 Å². The molecule has 0 bridgehead atoms. The van der Waals surface area contributed by atoms with Gasteiger partial charge in [0.25, 0.3) is 11.9 Å². The Balaban J connectivity index is 3.82. The molecule has 0 rings (SSSR count). The van der Waals surface area contributed by atoms with Crippen molar-refractivity contribution < 1.29 is 18.4 Å². The Morgan fingerprint density at radius 1 is 0.366 bits per heavy atom. The van der Waals surface area contributed by atoms with Crippen LogP contribution in [0.4, 0.5) is 0 Å². The second-order valence-corrected chi connectivity index (χ2v) is 16.2. The zero-order valence-corrected chi connectivity index (χ0v) is 29.3. The molecule has 0 N–H and O–H groups in total. The van der Waals surface area contributed by atoms with Crippen molar-refractivity contribution in [3.8, 4) is 0 Å². The first-order chi connectivity index (χ1) is 20.0. The van der Waals surface area contributed by atoms with E-state index >= 15 is 0 Å². The Morgan fingerprint density at radius 3 is 0.805 bits per heavy atom. The molecule has 0 spiro atoms. The average molecular weight is 597 g/mol. The lowest BCUT2D eigenvalue weighted by molar-refractivity contribution is -0.141. The molecule has 0 amide bonds. The van der Waals surface area contributed by atoms with Gasteiger partial charge in [0.05, 0.1) is 0 Å². The van der Waals surface area contributed by atoms with E-state index in [0.29, 0.717) is 24.9 Å². The van der Waals surface area contributed by atoms with Crippen molar-refractivity contribution in [3.05, 3.63) is 0 Å². The second kappa shape index (κ2) is 30.6. The molecule has 0 aromatic carbocycles. The molecule has 0 heterocycles. The van der Waals surface area contributed by atoms with Crippen LogP contribution in [0, 0.1) is 0 Å². The van der Waals surface area contributed by atoms with E-state index in [2.05, 4.69) is 13.8 Å². The number of carbonyl (C=O) groups is 2. The van der Waals surface area contributed by atoms with Crippen molar-refractivity contribution in [1.82, 2.24) is 0 Å². The van der Waals surface area contributed by atoms with Crippen LogP contribution in [0.3, 0.4) is 0 Å². The van der Waals surface area contributed by atoms with Gasteiger partial charge in [-0.15, -0.1) is 0 Å². The van der Waals surface area contributed by atoms with Crippen molar-refractivity contribution in [2.75, 3.05) is 0 Å². The van der Waals surface area contributed by atoms with Gasteiger partial charge in [-0.05, 0) is 12.8 Å². The average Bonchev–Trinajstić information content (AvgIpc) is 2.97. The van der Waals surface area contributed by atoms with Crippen LogP contribution in [0.2, 0.25) is 12.1 Å². The first-order valence-electron chi connectivity index (χ1n) is 18.5. The highest BCUT2D eigenvalue weighted by Crippen LogP contribution is 2.22. The normalized spacial score (nSPS) is 11.6. The molecule has 0 unspecified atom stereocenters. The molecule has 0 atom stereocenters. The van der Waals surface area contributed by atoms with Crippen molar-refractivity contribution in [2.24, 2.45) is 0 Å². The van der Waals surface area contributed by atoms with E-state index in [0.717, 1.165) is 25.7 Å². The van der Waals surface area contributed by atoms with Crippen LogP contribution in [0.1, 0.15) is 207 Å². The van der Waals surface area contributed by atoms with Gasteiger partial charge >= 0.3 is 8.56 Å². The van der Waals surface area contributed by atoms with Gasteiger partial charge < -0.3 is 8.85 Å². The molecule has 0 aliphatic rings. The van der Waals surface area contributed by atoms with Crippen LogP contribution in [-0.4, -0.2) is 20.5 Å². The monoisotopic (exact) mass is 597 g/mol. The summed E-state index contributed by atoms with van der Waals surface area (Å²) >= 11 is 0. The fourth-order valence-corrected chi connectivity index (χ4v) is 7.80. The molecule has 0 saturated heterocycles. The zero-order valence-electron chi connectivity index (χ0n) is 28.3. The fourth-order valence-electron chi connectivity index (χ4n) is 5.65. The molecular formula is C36H72O4Si. The van der Waals surface area contributed by atoms with Crippen LogP contribution >= 0.6 is 0 Å². The minimum atomic E-state index is -2.78. The van der Waals surface area contributed by atoms with Gasteiger partial charge in [0.1, 0.15) is 0 Å². The van der Waals surface area contributed by atoms with Crippen LogP contribution in [0.25, 0.3) is 0 Å². The molecular weight excluding hydrogens is 524 g/mol. The third kappa shape index (κ3) is 26.5. The van der Waals surface area contributed by atoms with Crippen LogP contribution in [0.5, 0.6) is 0 Å². The minimum absolute atomic E-state index is 0.169. The predicted octanol–water partition coefficient (Wildman–Crippen LogP) is 12.5. The summed E-state index contributed by atoms with van der Waals surface area (Å²) in [5.41, 5.74) is 0. The predicted molar refractivity (Wildman–Crippen MR) is 180 cm³/mol. The Morgan fingerprint density at radius 2 is 0.585 bits per heavy atom. The lowest BCUT2D eigenvalue weighted by atomic mass is 10.0. The van der Waals surface area contributed by atoms with E-state index in [1.54, 1.807) is 0 Å². The molecule has 0 aliphatic heterocycles. The molecule has 0 radical (unpaired) electrons. The highest BCUT2D eigenvalue weighted by Gasteiger charge is 2.41. The van der Waals surface area contributed by atoms with Crippen molar-refractivity contribution in [1.29, 1.82) is 0 Å². The molecule has 244 valence electrons. The highest BCUT2D eigenvalue weighted by atomic mass is 28.4. The lowest BCUT2D eigenvalue weighted by Crippen LogP contribution is -2.44. The zero-order chi connectivity index (χ0) is 30.3. The summed E-state index contributed by atoms with van der Waals surface area (Å²) in [7, 11) is -2.78. The van der Waals surface area contributed by atoms with Gasteiger partial charge in [-0.25, -0.2) is 0 Å². The summed E-state index contributed by atoms with van der Waals surface area (Å²) in [6.07, 6.45) is 34.4. The molecule has 0 saturated carbocycles. The van der Waals surface area contributed by atoms with Gasteiger partial charge in [-0.2, -0.15) is 0 Å². The Bertz CT molecular complexity index is 530. The third-order valence-electron chi connectivity index (χ3n) is 8.65. The fraction of sp³-hybridized carbons (Fsp3) is 0.944. The molecule has 41 heavy (non-hydrogen) atoms. The van der Waals surface area contributed by atoms with E-state index in [4.69, 9.17) is 8.85 Å². The first kappa shape index (κ1) is 40.2. The molecule has 0 aromatic rings. The summed E-state index contributed by atoms with van der Waals surface area (Å²) in [6, 6.07) is 1.27. The summed E-state index contributed by atoms with van der Waals surface area (Å²) in [5, 5.41) is 0. The molecule has 4 nitrogen and oxygen atoms in total. The Kier molecular flexibility index (Phi) is 30.0. The summed E-state index contributed by atoms with van der Waals surface area (Å²) in [6.45, 7) is 8.53. The van der Waals surface area contributed by atoms with E-state index < -0.39 is 8.56 Å². The molecule has 5 heteroatoms. The maximum absolute atomic E-state index is 12.6. The SMILES string of the molecule is CCCCCCCCCCCCCCCC(=O)O[Si](CC)(CC)OC(=O)CCCCCCCCCCCCCCC. The van der Waals surface area contributed by atoms with E-state index in [9.17, 15) is 9.59 Å². The number of hydrogen-bond donors (Lipinski definition) is 0. The van der Waals surface area contributed by atoms with Crippen molar-refractivity contribution in [2.45, 2.75) is 220 Å². The van der Waals surface area contributed by atoms with E-state index in [-0.39, 0.29) is 11.9 Å². The highest BCUT2D eigenvalue weighted by molar-refractivity contribution is 6.70. The standard InChI is InChI=1S/C36H72O4Si/c1-5-9-11-13-15-17-19-21-23-25-27-29-31-33-35(37)39-41(7-3,8-4)40-36(38)34-32-30-28-26-24-22-20-18-16-14-12-10-6-2/h5-34H2,1-4H3. The largest absolute Gasteiger partial charge is 0.485 e. The first-order valence-corrected chi connectivity index (χ1v) is 20.7. The number of hydrogen-bond acceptors (Lipinski definition) is 4. The summed E-state index contributed by atoms with van der Waals surface area (Å²) < 4.78 is 11.8. The van der Waals surface area contributed by atoms with Gasteiger partial charge in [-0.3, -0.25) is 9.59 Å². The summed E-state index contributed by atoms with van der Waals surface area (Å²) in [4.78, 5) is 25.1. The second-order valence-electron chi connectivity index (χ2n) is 12.6. The van der Waals surface area contributed by atoms with E-state index in [1.165, 1.54) is 141 Å². The molecule has 0 aliphatic carbocycles. The van der Waals surface area contributed by atoms with Crippen molar-refractivity contribution in [3.63, 3.8) is 0 Å². The number of rotatable bonds is 32. The third-order valence-corrected chi connectivity index (χ3v) is 12.0. The van der Waals surface area contributed by atoms with Gasteiger partial charge in [-0.1, -0.05) is 182 Å². The maximum atomic E-state index is 12.6. The lowest BCUT2D eigenvalue weighted by Gasteiger charge is -2.27. The van der Waals surface area contributed by atoms with Crippen LogP contribution in [0.15, 0.2) is 0 Å². The molecule has 0 aromatic heterocycles. The smallest absolute Gasteiger partial charge is 0.463 e. The summed E-state index contributed by atoms with van der Waals surface area (Å²) in [5.74, 6) is -0.339. The van der Waals surface area contributed by atoms with Gasteiger partial charge in [0.2, 0.25) is 0 Å². The van der Waals surface area contributed by atoms with Crippen molar-refractivity contribution >= 4 is 20.5 Å².